The summed E-state index contributed by atoms with van der Waals surface area (Å²) in [6.07, 6.45) is -5.07. The largest absolute Gasteiger partial charge is 0.387 e. The van der Waals surface area contributed by atoms with Crippen molar-refractivity contribution in [1.29, 1.82) is 0 Å². The smallest absolute Gasteiger partial charge is 0.186 e. The fraction of sp³-hybridized carbons (Fsp3) is 0.273. The van der Waals surface area contributed by atoms with Gasteiger partial charge in [-0.15, -0.1) is 0 Å². The third kappa shape index (κ3) is 5.82. The molecule has 2 N–H and O–H groups in total. The van der Waals surface area contributed by atoms with E-state index >= 15 is 0 Å². The van der Waals surface area contributed by atoms with E-state index in [1.165, 1.54) is 7.11 Å². The minimum absolute atomic E-state index is 0.0115. The Morgan fingerprint density at radius 2 is 1.13 bits per heavy atom. The Labute approximate surface area is 229 Å². The molecular formula is C33H34O6. The summed E-state index contributed by atoms with van der Waals surface area (Å²) in [5.74, 6) is 0. The summed E-state index contributed by atoms with van der Waals surface area (Å²) in [7, 11) is 1.46. The molecule has 0 amide bonds. The zero-order valence-corrected chi connectivity index (χ0v) is 21.9. The normalized spacial score (nSPS) is 23.4. The molecule has 4 aromatic carbocycles. The van der Waals surface area contributed by atoms with E-state index in [0.717, 1.165) is 22.3 Å². The van der Waals surface area contributed by atoms with E-state index in [0.29, 0.717) is 0 Å². The number of methoxy groups -OCH3 is 1. The van der Waals surface area contributed by atoms with Crippen LogP contribution in [0, 0.1) is 0 Å². The van der Waals surface area contributed by atoms with Gasteiger partial charge in [0.2, 0.25) is 0 Å². The maximum atomic E-state index is 11.4. The van der Waals surface area contributed by atoms with Crippen LogP contribution in [0.5, 0.6) is 0 Å². The molecule has 1 saturated heterocycles. The fourth-order valence-corrected chi connectivity index (χ4v) is 5.17. The number of ether oxygens (including phenoxy) is 4. The molecule has 4 aromatic rings. The lowest BCUT2D eigenvalue weighted by Crippen LogP contribution is -2.60. The van der Waals surface area contributed by atoms with Crippen LogP contribution < -0.4 is 0 Å². The van der Waals surface area contributed by atoms with Crippen LogP contribution in [0.25, 0.3) is 0 Å². The van der Waals surface area contributed by atoms with E-state index in [-0.39, 0.29) is 13.2 Å². The van der Waals surface area contributed by atoms with Gasteiger partial charge in [-0.05, 0) is 22.3 Å². The molecule has 0 spiro atoms. The molecule has 0 radical (unpaired) electrons. The van der Waals surface area contributed by atoms with Gasteiger partial charge >= 0.3 is 0 Å². The summed E-state index contributed by atoms with van der Waals surface area (Å²) < 4.78 is 24.3. The van der Waals surface area contributed by atoms with Crippen LogP contribution in [0.1, 0.15) is 22.3 Å². The second-order valence-corrected chi connectivity index (χ2v) is 9.61. The van der Waals surface area contributed by atoms with Crippen molar-refractivity contribution >= 4 is 0 Å². The number of hydrogen-bond acceptors (Lipinski definition) is 6. The molecule has 5 rings (SSSR count). The first-order valence-electron chi connectivity index (χ1n) is 13.1. The molecule has 202 valence electrons. The van der Waals surface area contributed by atoms with Crippen LogP contribution >= 0.6 is 0 Å². The van der Waals surface area contributed by atoms with E-state index in [4.69, 9.17) is 18.9 Å². The zero-order valence-electron chi connectivity index (χ0n) is 21.9. The van der Waals surface area contributed by atoms with Gasteiger partial charge in [-0.2, -0.15) is 0 Å². The van der Waals surface area contributed by atoms with E-state index in [9.17, 15) is 10.2 Å². The molecule has 5 atom stereocenters. The van der Waals surface area contributed by atoms with Crippen LogP contribution in [0.2, 0.25) is 0 Å². The lowest BCUT2D eigenvalue weighted by atomic mass is 9.80. The Kier molecular flexibility index (Phi) is 8.84. The van der Waals surface area contributed by atoms with E-state index < -0.39 is 36.3 Å². The van der Waals surface area contributed by atoms with Crippen LogP contribution in [0.15, 0.2) is 121 Å². The zero-order chi connectivity index (χ0) is 27.1. The molecule has 0 aliphatic carbocycles. The lowest BCUT2D eigenvalue weighted by Gasteiger charge is -2.43. The van der Waals surface area contributed by atoms with Crippen molar-refractivity contribution in [1.82, 2.24) is 0 Å². The predicted molar refractivity (Wildman–Crippen MR) is 148 cm³/mol. The third-order valence-corrected chi connectivity index (χ3v) is 7.16. The fourth-order valence-electron chi connectivity index (χ4n) is 5.17. The van der Waals surface area contributed by atoms with Crippen LogP contribution in [-0.4, -0.2) is 54.6 Å². The van der Waals surface area contributed by atoms with E-state index in [2.05, 4.69) is 0 Å². The van der Waals surface area contributed by atoms with Gasteiger partial charge in [0.15, 0.2) is 6.29 Å². The molecule has 0 saturated carbocycles. The van der Waals surface area contributed by atoms with E-state index in [1.54, 1.807) is 0 Å². The maximum absolute atomic E-state index is 11.4. The monoisotopic (exact) mass is 526 g/mol. The molecule has 0 unspecified atom stereocenters. The van der Waals surface area contributed by atoms with Gasteiger partial charge in [0.25, 0.3) is 0 Å². The highest BCUT2D eigenvalue weighted by Gasteiger charge is 2.47. The first-order chi connectivity index (χ1) is 19.1. The van der Waals surface area contributed by atoms with Crippen molar-refractivity contribution in [2.24, 2.45) is 0 Å². The number of aliphatic hydroxyl groups is 2. The standard InChI is InChI=1S/C33H34O6/c1-36-32-30(35)31(37-22-24-14-6-2-7-15-24)29(34)28(39-32)23-38-33(25-16-8-3-9-17-25,26-18-10-4-11-19-26)27-20-12-5-13-21-27/h2-21,28-32,34-35H,22-23H2,1H3/t28-,29-,30-,31+,32+/m1/s1. The summed E-state index contributed by atoms with van der Waals surface area (Å²) in [6.45, 7) is 0.239. The SMILES string of the molecule is CO[C@H]1O[C@H](COC(c2ccccc2)(c2ccccc2)c2ccccc2)[C@@H](O)[C@H](OCc2ccccc2)[C@H]1O. The molecule has 1 fully saturated rings. The van der Waals surface area contributed by atoms with Crippen LogP contribution in [-0.2, 0) is 31.2 Å². The Bertz CT molecular complexity index is 1170. The average molecular weight is 527 g/mol. The molecule has 1 heterocycles. The average Bonchev–Trinajstić information content (AvgIpc) is 3.00. The summed E-state index contributed by atoms with van der Waals surface area (Å²) in [5, 5.41) is 22.2. The Morgan fingerprint density at radius 1 is 0.667 bits per heavy atom. The van der Waals surface area contributed by atoms with Gasteiger partial charge in [-0.25, -0.2) is 0 Å². The van der Waals surface area contributed by atoms with Crippen LogP contribution in [0.4, 0.5) is 0 Å². The summed E-state index contributed by atoms with van der Waals surface area (Å²) in [6, 6.07) is 39.6. The topological polar surface area (TPSA) is 77.4 Å². The van der Waals surface area contributed by atoms with Gasteiger partial charge in [-0.1, -0.05) is 121 Å². The lowest BCUT2D eigenvalue weighted by molar-refractivity contribution is -0.307. The third-order valence-electron chi connectivity index (χ3n) is 7.16. The van der Waals surface area contributed by atoms with E-state index in [1.807, 2.05) is 121 Å². The molecule has 6 heteroatoms. The highest BCUT2D eigenvalue weighted by atomic mass is 16.7. The number of rotatable bonds is 10. The Hall–Kier alpha value is -3.36. The second kappa shape index (κ2) is 12.7. The number of aliphatic hydroxyl groups excluding tert-OH is 2. The summed E-state index contributed by atoms with van der Waals surface area (Å²) >= 11 is 0. The molecule has 0 aromatic heterocycles. The van der Waals surface area contributed by atoms with Crippen molar-refractivity contribution in [3.8, 4) is 0 Å². The number of benzene rings is 4. The Morgan fingerprint density at radius 3 is 1.59 bits per heavy atom. The molecule has 1 aliphatic rings. The maximum Gasteiger partial charge on any atom is 0.186 e. The highest BCUT2D eigenvalue weighted by Crippen LogP contribution is 2.41. The first kappa shape index (κ1) is 27.2. The van der Waals surface area contributed by atoms with Gasteiger partial charge in [0.1, 0.15) is 30.0 Å². The van der Waals surface area contributed by atoms with Gasteiger partial charge in [0, 0.05) is 7.11 Å². The first-order valence-corrected chi connectivity index (χ1v) is 13.1. The minimum Gasteiger partial charge on any atom is -0.387 e. The second-order valence-electron chi connectivity index (χ2n) is 9.61. The Balaban J connectivity index is 1.47. The molecule has 0 bridgehead atoms. The molecular weight excluding hydrogens is 492 g/mol. The van der Waals surface area contributed by atoms with Crippen LogP contribution in [0.3, 0.4) is 0 Å². The predicted octanol–water partition coefficient (Wildman–Crippen LogP) is 4.67. The number of hydrogen-bond donors (Lipinski definition) is 2. The summed E-state index contributed by atoms with van der Waals surface area (Å²) in [4.78, 5) is 0. The van der Waals surface area contributed by atoms with Gasteiger partial charge in [-0.3, -0.25) is 0 Å². The van der Waals surface area contributed by atoms with Crippen molar-refractivity contribution in [2.75, 3.05) is 13.7 Å². The van der Waals surface area contributed by atoms with Gasteiger partial charge < -0.3 is 29.2 Å². The van der Waals surface area contributed by atoms with Crippen molar-refractivity contribution < 1.29 is 29.2 Å². The van der Waals surface area contributed by atoms with Gasteiger partial charge in [0.05, 0.1) is 13.2 Å². The van der Waals surface area contributed by atoms with Crippen molar-refractivity contribution in [2.45, 2.75) is 42.9 Å². The quantitative estimate of drug-likeness (QED) is 0.293. The molecule has 1 aliphatic heterocycles. The molecule has 6 nitrogen and oxygen atoms in total. The highest BCUT2D eigenvalue weighted by molar-refractivity contribution is 5.47. The molecule has 39 heavy (non-hydrogen) atoms. The van der Waals surface area contributed by atoms with Crippen molar-refractivity contribution in [3.05, 3.63) is 144 Å². The van der Waals surface area contributed by atoms with Crippen molar-refractivity contribution in [3.63, 3.8) is 0 Å². The minimum atomic E-state index is -1.17. The summed E-state index contributed by atoms with van der Waals surface area (Å²) in [5.41, 5.74) is 2.77.